The number of rotatable bonds is 1. The molecule has 0 aliphatic carbocycles. The molecule has 2 saturated heterocycles. The van der Waals surface area contributed by atoms with Gasteiger partial charge in [-0.25, -0.2) is 0 Å². The van der Waals surface area contributed by atoms with E-state index in [0.29, 0.717) is 18.2 Å². The molecule has 2 aliphatic heterocycles. The lowest BCUT2D eigenvalue weighted by Gasteiger charge is -2.34. The Morgan fingerprint density at radius 2 is 2.08 bits per heavy atom. The number of hydrogen-bond acceptors (Lipinski definition) is 3. The van der Waals surface area contributed by atoms with Gasteiger partial charge in [0.15, 0.2) is 0 Å². The van der Waals surface area contributed by atoms with Crippen molar-refractivity contribution in [2.24, 2.45) is 0 Å². The summed E-state index contributed by atoms with van der Waals surface area (Å²) >= 11 is 2.06. The van der Waals surface area contributed by atoms with Gasteiger partial charge in [0.1, 0.15) is 0 Å². The number of nitrogens with one attached hydrogen (secondary N) is 1. The Labute approximate surface area is 78.1 Å². The lowest BCUT2D eigenvalue weighted by Crippen LogP contribution is -2.46. The summed E-state index contributed by atoms with van der Waals surface area (Å²) in [6, 6.07) is 0.382. The number of hydrogen-bond donors (Lipinski definition) is 2. The van der Waals surface area contributed by atoms with E-state index in [0.717, 1.165) is 0 Å². The summed E-state index contributed by atoms with van der Waals surface area (Å²) in [5.41, 5.74) is 0.415. The molecule has 0 radical (unpaired) electrons. The summed E-state index contributed by atoms with van der Waals surface area (Å²) in [4.78, 5) is 0. The summed E-state index contributed by atoms with van der Waals surface area (Å²) in [5.74, 6) is 2.59. The van der Waals surface area contributed by atoms with Crippen LogP contribution in [-0.2, 0) is 0 Å². The summed E-state index contributed by atoms with van der Waals surface area (Å²) < 4.78 is 0. The number of aliphatic hydroxyl groups is 1. The van der Waals surface area contributed by atoms with Crippen LogP contribution in [0.15, 0.2) is 0 Å². The predicted molar refractivity (Wildman–Crippen MR) is 52.5 cm³/mol. The standard InChI is InChI=1S/C9H17NOS/c11-7-8-1-2-9(10-8)3-5-12-6-4-9/h8,10-11H,1-7H2. The largest absolute Gasteiger partial charge is 0.395 e. The summed E-state index contributed by atoms with van der Waals surface area (Å²) in [6.45, 7) is 0.314. The predicted octanol–water partition coefficient (Wildman–Crippen LogP) is 0.996. The van der Waals surface area contributed by atoms with Crippen molar-refractivity contribution in [3.8, 4) is 0 Å². The van der Waals surface area contributed by atoms with Crippen molar-refractivity contribution >= 4 is 11.8 Å². The summed E-state index contributed by atoms with van der Waals surface area (Å²) in [5, 5.41) is 12.6. The second-order valence-electron chi connectivity index (χ2n) is 3.96. The molecule has 1 spiro atoms. The van der Waals surface area contributed by atoms with E-state index in [-0.39, 0.29) is 0 Å². The molecule has 0 aromatic rings. The fourth-order valence-corrected chi connectivity index (χ4v) is 3.60. The van der Waals surface area contributed by atoms with Crippen LogP contribution in [0, 0.1) is 0 Å². The van der Waals surface area contributed by atoms with Crippen LogP contribution < -0.4 is 5.32 Å². The first kappa shape index (κ1) is 8.85. The Hall–Kier alpha value is 0.270. The molecule has 12 heavy (non-hydrogen) atoms. The summed E-state index contributed by atoms with van der Waals surface area (Å²) in [6.07, 6.45) is 5.04. The molecule has 2 heterocycles. The Kier molecular flexibility index (Phi) is 2.63. The van der Waals surface area contributed by atoms with Crippen molar-refractivity contribution in [2.45, 2.75) is 37.3 Å². The van der Waals surface area contributed by atoms with Crippen molar-refractivity contribution in [3.63, 3.8) is 0 Å². The number of thioether (sulfide) groups is 1. The van der Waals surface area contributed by atoms with Crippen molar-refractivity contribution < 1.29 is 5.11 Å². The fraction of sp³-hybridized carbons (Fsp3) is 1.00. The maximum absolute atomic E-state index is 9.01. The molecule has 2 fully saturated rings. The molecule has 0 aromatic heterocycles. The first-order valence-electron chi connectivity index (χ1n) is 4.81. The zero-order valence-electron chi connectivity index (χ0n) is 7.38. The molecule has 0 saturated carbocycles. The second kappa shape index (κ2) is 3.56. The van der Waals surface area contributed by atoms with E-state index >= 15 is 0 Å². The minimum atomic E-state index is 0.314. The van der Waals surface area contributed by atoms with E-state index in [1.54, 1.807) is 0 Å². The minimum absolute atomic E-state index is 0.314. The van der Waals surface area contributed by atoms with Gasteiger partial charge in [0.05, 0.1) is 6.61 Å². The molecule has 0 amide bonds. The van der Waals surface area contributed by atoms with Crippen LogP contribution >= 0.6 is 11.8 Å². The average molecular weight is 187 g/mol. The molecule has 2 nitrogen and oxygen atoms in total. The van der Waals surface area contributed by atoms with Crippen LogP contribution in [0.25, 0.3) is 0 Å². The Morgan fingerprint density at radius 1 is 1.33 bits per heavy atom. The molecule has 3 heteroatoms. The van der Waals surface area contributed by atoms with Crippen molar-refractivity contribution in [1.29, 1.82) is 0 Å². The molecule has 2 aliphatic rings. The highest BCUT2D eigenvalue weighted by Crippen LogP contribution is 2.35. The van der Waals surface area contributed by atoms with Gasteiger partial charge in [-0.05, 0) is 37.2 Å². The summed E-state index contributed by atoms with van der Waals surface area (Å²) in [7, 11) is 0. The molecule has 0 aromatic carbocycles. The second-order valence-corrected chi connectivity index (χ2v) is 5.18. The van der Waals surface area contributed by atoms with Crippen LogP contribution in [-0.4, -0.2) is 34.8 Å². The highest BCUT2D eigenvalue weighted by Gasteiger charge is 2.38. The maximum atomic E-state index is 9.01. The lowest BCUT2D eigenvalue weighted by atomic mass is 9.91. The molecule has 0 bridgehead atoms. The van der Waals surface area contributed by atoms with Gasteiger partial charge in [0.2, 0.25) is 0 Å². The van der Waals surface area contributed by atoms with Crippen LogP contribution in [0.3, 0.4) is 0 Å². The topological polar surface area (TPSA) is 32.3 Å². The molecule has 2 rings (SSSR count). The molecule has 1 unspecified atom stereocenters. The van der Waals surface area contributed by atoms with Crippen molar-refractivity contribution in [2.75, 3.05) is 18.1 Å². The van der Waals surface area contributed by atoms with Gasteiger partial charge in [0, 0.05) is 11.6 Å². The van der Waals surface area contributed by atoms with Crippen LogP contribution in [0.2, 0.25) is 0 Å². The zero-order chi connectivity index (χ0) is 8.44. The smallest absolute Gasteiger partial charge is 0.0584 e. The third-order valence-corrected chi connectivity index (χ3v) is 4.14. The van der Waals surface area contributed by atoms with Gasteiger partial charge >= 0.3 is 0 Å². The third kappa shape index (κ3) is 1.63. The van der Waals surface area contributed by atoms with Crippen molar-refractivity contribution in [3.05, 3.63) is 0 Å². The normalized spacial score (nSPS) is 34.2. The van der Waals surface area contributed by atoms with Crippen LogP contribution in [0.5, 0.6) is 0 Å². The molecular formula is C9H17NOS. The van der Waals surface area contributed by atoms with E-state index < -0.39 is 0 Å². The first-order chi connectivity index (χ1) is 5.85. The maximum Gasteiger partial charge on any atom is 0.0584 e. The number of aliphatic hydroxyl groups excluding tert-OH is 1. The Bertz CT molecular complexity index is 157. The van der Waals surface area contributed by atoms with E-state index in [2.05, 4.69) is 17.1 Å². The van der Waals surface area contributed by atoms with Gasteiger partial charge in [-0.1, -0.05) is 0 Å². The molecule has 2 N–H and O–H groups in total. The Balaban J connectivity index is 1.94. The highest BCUT2D eigenvalue weighted by atomic mass is 32.2. The van der Waals surface area contributed by atoms with Gasteiger partial charge in [-0.3, -0.25) is 0 Å². The molecule has 1 atom stereocenters. The van der Waals surface area contributed by atoms with Gasteiger partial charge in [-0.15, -0.1) is 0 Å². The lowest BCUT2D eigenvalue weighted by molar-refractivity contribution is 0.234. The highest BCUT2D eigenvalue weighted by molar-refractivity contribution is 7.99. The van der Waals surface area contributed by atoms with E-state index in [9.17, 15) is 0 Å². The van der Waals surface area contributed by atoms with Crippen LogP contribution in [0.4, 0.5) is 0 Å². The van der Waals surface area contributed by atoms with E-state index in [1.807, 2.05) is 0 Å². The SMILES string of the molecule is OCC1CCC2(CCSCC2)N1. The van der Waals surface area contributed by atoms with Gasteiger partial charge in [0.25, 0.3) is 0 Å². The quantitative estimate of drug-likeness (QED) is 0.642. The van der Waals surface area contributed by atoms with E-state index in [4.69, 9.17) is 5.11 Å². The van der Waals surface area contributed by atoms with Gasteiger partial charge < -0.3 is 10.4 Å². The zero-order valence-corrected chi connectivity index (χ0v) is 8.20. The first-order valence-corrected chi connectivity index (χ1v) is 5.96. The monoisotopic (exact) mass is 187 g/mol. The minimum Gasteiger partial charge on any atom is -0.395 e. The molecular weight excluding hydrogens is 170 g/mol. The Morgan fingerprint density at radius 3 is 2.67 bits per heavy atom. The average Bonchev–Trinajstić information content (AvgIpc) is 2.50. The molecule has 70 valence electrons. The van der Waals surface area contributed by atoms with Crippen LogP contribution in [0.1, 0.15) is 25.7 Å². The van der Waals surface area contributed by atoms with Gasteiger partial charge in [-0.2, -0.15) is 11.8 Å². The third-order valence-electron chi connectivity index (χ3n) is 3.15. The van der Waals surface area contributed by atoms with Crippen molar-refractivity contribution in [1.82, 2.24) is 5.32 Å². The van der Waals surface area contributed by atoms with E-state index in [1.165, 1.54) is 37.2 Å². The fourth-order valence-electron chi connectivity index (χ4n) is 2.32.